The van der Waals surface area contributed by atoms with Crippen molar-refractivity contribution >= 4 is 12.1 Å². The molecule has 0 bridgehead atoms. The van der Waals surface area contributed by atoms with Crippen LogP contribution in [-0.2, 0) is 0 Å². The summed E-state index contributed by atoms with van der Waals surface area (Å²) in [6.45, 7) is 9.56. The smallest absolute Gasteiger partial charge is 0.312 e. The highest BCUT2D eigenvalue weighted by Gasteiger charge is 2.11. The summed E-state index contributed by atoms with van der Waals surface area (Å²) in [6.07, 6.45) is 9.30. The number of nitrogens with two attached hydrogens (primary N) is 2. The molecule has 0 aromatic heterocycles. The van der Waals surface area contributed by atoms with Gasteiger partial charge in [0, 0.05) is 19.6 Å². The summed E-state index contributed by atoms with van der Waals surface area (Å²) in [6, 6.07) is -0.914. The Balaban J connectivity index is 4.57. The topological polar surface area (TPSA) is 117 Å². The minimum atomic E-state index is -0.459. The number of carbonyl (C=O) groups excluding carboxylic acids is 2. The van der Waals surface area contributed by atoms with Gasteiger partial charge in [-0.25, -0.2) is 9.59 Å². The van der Waals surface area contributed by atoms with Crippen LogP contribution in [0.25, 0.3) is 0 Å². The van der Waals surface area contributed by atoms with Gasteiger partial charge in [0.2, 0.25) is 0 Å². The van der Waals surface area contributed by atoms with Crippen LogP contribution in [0, 0.1) is 0 Å². The molecule has 0 radical (unpaired) electrons. The van der Waals surface area contributed by atoms with Crippen molar-refractivity contribution in [3.05, 3.63) is 0 Å². The van der Waals surface area contributed by atoms with E-state index in [0.717, 1.165) is 61.1 Å². The lowest BCUT2D eigenvalue weighted by Crippen LogP contribution is -2.39. The van der Waals surface area contributed by atoms with E-state index in [0.29, 0.717) is 13.1 Å². The van der Waals surface area contributed by atoms with Crippen molar-refractivity contribution in [1.29, 1.82) is 0 Å². The predicted octanol–water partition coefficient (Wildman–Crippen LogP) is 1.46. The summed E-state index contributed by atoms with van der Waals surface area (Å²) >= 11 is 0. The monoisotopic (exact) mass is 516 g/mol. The van der Waals surface area contributed by atoms with Crippen molar-refractivity contribution in [3.8, 4) is 0 Å². The third-order valence-corrected chi connectivity index (χ3v) is 6.23. The van der Waals surface area contributed by atoms with Gasteiger partial charge in [-0.1, -0.05) is 0 Å². The van der Waals surface area contributed by atoms with Gasteiger partial charge in [0.15, 0.2) is 0 Å². The number of primary amides is 2. The molecule has 10 nitrogen and oxygen atoms in total. The van der Waals surface area contributed by atoms with E-state index in [1.165, 1.54) is 51.6 Å². The third kappa shape index (κ3) is 25.5. The molecule has 0 saturated heterocycles. The average Bonchev–Trinajstić information content (AvgIpc) is 2.73. The normalized spacial score (nSPS) is 12.3. The minimum absolute atomic E-state index is 0.455. The maximum absolute atomic E-state index is 11.1. The van der Waals surface area contributed by atoms with Crippen molar-refractivity contribution in [2.24, 2.45) is 11.5 Å². The third-order valence-electron chi connectivity index (χ3n) is 6.23. The second-order valence-electron chi connectivity index (χ2n) is 12.1. The first kappa shape index (κ1) is 34.4. The van der Waals surface area contributed by atoms with Crippen LogP contribution in [0.5, 0.6) is 0 Å². The first-order chi connectivity index (χ1) is 16.8. The van der Waals surface area contributed by atoms with Crippen LogP contribution in [-0.4, -0.2) is 139 Å². The lowest BCUT2D eigenvalue weighted by atomic mass is 10.2. The molecule has 214 valence electrons. The maximum atomic E-state index is 11.1. The van der Waals surface area contributed by atoms with Gasteiger partial charge in [-0.3, -0.25) is 0 Å². The summed E-state index contributed by atoms with van der Waals surface area (Å²) < 4.78 is 2.02. The summed E-state index contributed by atoms with van der Waals surface area (Å²) in [7, 11) is 13.4. The summed E-state index contributed by atoms with van der Waals surface area (Å²) in [5.74, 6) is 0. The van der Waals surface area contributed by atoms with E-state index in [4.69, 9.17) is 11.5 Å². The number of nitrogens with zero attached hydrogens (tertiary/aromatic N) is 4. The van der Waals surface area contributed by atoms with Crippen LogP contribution < -0.4 is 22.1 Å². The Hall–Kier alpha value is -1.62. The van der Waals surface area contributed by atoms with Gasteiger partial charge in [0.25, 0.3) is 0 Å². The Morgan fingerprint density at radius 3 is 1.36 bits per heavy atom. The van der Waals surface area contributed by atoms with Crippen LogP contribution in [0.3, 0.4) is 0 Å². The molecule has 0 unspecified atom stereocenters. The molecular formula is C26H60N8O2+2. The molecule has 10 heteroatoms. The number of hydrogen-bond donors (Lipinski definition) is 4. The summed E-state index contributed by atoms with van der Waals surface area (Å²) in [4.78, 5) is 27.0. The van der Waals surface area contributed by atoms with Gasteiger partial charge < -0.3 is 40.9 Å². The molecule has 0 atom stereocenters. The van der Waals surface area contributed by atoms with Crippen molar-refractivity contribution in [2.75, 3.05) is 108 Å². The zero-order valence-corrected chi connectivity index (χ0v) is 24.5. The lowest BCUT2D eigenvalue weighted by molar-refractivity contribution is -0.870. The Morgan fingerprint density at radius 2 is 0.917 bits per heavy atom. The molecule has 0 aliphatic rings. The fourth-order valence-corrected chi connectivity index (χ4v) is 4.24. The fourth-order valence-electron chi connectivity index (χ4n) is 4.24. The average molecular weight is 517 g/mol. The van der Waals surface area contributed by atoms with Crippen molar-refractivity contribution in [1.82, 2.24) is 20.4 Å². The number of carbonyl (C=O) groups is 2. The highest BCUT2D eigenvalue weighted by Crippen LogP contribution is 2.06. The first-order valence-corrected chi connectivity index (χ1v) is 13.9. The molecule has 6 N–H and O–H groups in total. The second-order valence-corrected chi connectivity index (χ2v) is 12.1. The molecule has 0 aliphatic heterocycles. The fraction of sp³-hybridized carbons (Fsp3) is 0.923. The summed E-state index contributed by atoms with van der Waals surface area (Å²) in [5, 5.41) is 5.43. The molecule has 0 aromatic rings. The van der Waals surface area contributed by atoms with Crippen LogP contribution in [0.15, 0.2) is 0 Å². The number of quaternary nitrogens is 2. The van der Waals surface area contributed by atoms with E-state index in [9.17, 15) is 9.59 Å². The number of nitrogens with one attached hydrogen (secondary N) is 2. The van der Waals surface area contributed by atoms with Gasteiger partial charge in [-0.05, 0) is 84.1 Å². The van der Waals surface area contributed by atoms with E-state index in [1.54, 1.807) is 0 Å². The van der Waals surface area contributed by atoms with Gasteiger partial charge in [-0.2, -0.15) is 0 Å². The zero-order chi connectivity index (χ0) is 27.5. The van der Waals surface area contributed by atoms with Crippen LogP contribution >= 0.6 is 0 Å². The lowest BCUT2D eigenvalue weighted by Gasteiger charge is -2.27. The quantitative estimate of drug-likeness (QED) is 0.121. The van der Waals surface area contributed by atoms with Gasteiger partial charge in [0.05, 0.1) is 55.4 Å². The van der Waals surface area contributed by atoms with Gasteiger partial charge >= 0.3 is 12.1 Å². The Morgan fingerprint density at radius 1 is 0.528 bits per heavy atom. The molecule has 4 amide bonds. The number of hydrogen-bond acceptors (Lipinski definition) is 4. The molecule has 0 rings (SSSR count). The molecule has 36 heavy (non-hydrogen) atoms. The molecule has 0 fully saturated rings. The highest BCUT2D eigenvalue weighted by atomic mass is 16.2. The SMILES string of the molecule is C[N+](C)(C)CCCCCN(CCCNC(N)=O)CCCN(CCCCC[N+](C)(C)C)CCNC(N)=O. The summed E-state index contributed by atoms with van der Waals surface area (Å²) in [5.41, 5.74) is 10.5. The molecule has 0 aliphatic carbocycles. The number of unbranched alkanes of at least 4 members (excludes halogenated alkanes) is 4. The van der Waals surface area contributed by atoms with Gasteiger partial charge in [-0.15, -0.1) is 0 Å². The highest BCUT2D eigenvalue weighted by molar-refractivity contribution is 5.71. The van der Waals surface area contributed by atoms with E-state index in [1.807, 2.05) is 0 Å². The van der Waals surface area contributed by atoms with E-state index in [2.05, 4.69) is 62.7 Å². The first-order valence-electron chi connectivity index (χ1n) is 13.9. The van der Waals surface area contributed by atoms with E-state index < -0.39 is 12.1 Å². The van der Waals surface area contributed by atoms with Crippen LogP contribution in [0.2, 0.25) is 0 Å². The number of rotatable bonds is 23. The molecule has 0 spiro atoms. The van der Waals surface area contributed by atoms with Crippen molar-refractivity contribution in [2.45, 2.75) is 51.4 Å². The number of urea groups is 2. The van der Waals surface area contributed by atoms with Crippen LogP contribution in [0.1, 0.15) is 51.4 Å². The van der Waals surface area contributed by atoms with Crippen molar-refractivity contribution in [3.63, 3.8) is 0 Å². The Bertz CT molecular complexity index is 575. The Labute approximate surface area is 221 Å². The van der Waals surface area contributed by atoms with Crippen LogP contribution in [0.4, 0.5) is 9.59 Å². The standard InChI is InChI=1S/C26H58N8O2/c1-33(2,3)23-11-7-9-17-31(19-13-15-29-25(27)35)20-14-21-32(22-16-30-26(28)36)18-10-8-12-24-34(4,5)6/h7-24H2,1-6H3,(H4-2,27,28,29,30,35,36)/p+2. The Kier molecular flexibility index (Phi) is 18.6. The second kappa shape index (κ2) is 19.5. The maximum Gasteiger partial charge on any atom is 0.312 e. The molecule has 0 heterocycles. The zero-order valence-electron chi connectivity index (χ0n) is 24.5. The molecular weight excluding hydrogens is 456 g/mol. The number of amides is 4. The molecule has 0 saturated carbocycles. The largest absolute Gasteiger partial charge is 0.352 e. The van der Waals surface area contributed by atoms with Crippen molar-refractivity contribution < 1.29 is 18.6 Å². The minimum Gasteiger partial charge on any atom is -0.352 e. The van der Waals surface area contributed by atoms with Gasteiger partial charge in [0.1, 0.15) is 0 Å². The predicted molar refractivity (Wildman–Crippen MR) is 151 cm³/mol. The molecule has 0 aromatic carbocycles. The van der Waals surface area contributed by atoms with E-state index in [-0.39, 0.29) is 0 Å². The van der Waals surface area contributed by atoms with E-state index >= 15 is 0 Å².